The van der Waals surface area contributed by atoms with Crippen LogP contribution >= 0.6 is 0 Å². The summed E-state index contributed by atoms with van der Waals surface area (Å²) in [6, 6.07) is -0.991. The summed E-state index contributed by atoms with van der Waals surface area (Å²) in [5.41, 5.74) is 0. The molecule has 0 aromatic heterocycles. The second-order valence-electron chi connectivity index (χ2n) is 20.8. The monoisotopic (exact) mass is 1070 g/mol. The minimum absolute atomic E-state index is 0.0373. The molecule has 12 atom stereocenters. The van der Waals surface area contributed by atoms with Crippen molar-refractivity contribution in [3.8, 4) is 0 Å². The zero-order valence-electron chi connectivity index (χ0n) is 47.0. The Morgan fingerprint density at radius 3 is 1.42 bits per heavy atom. The summed E-state index contributed by atoms with van der Waals surface area (Å²) in [4.78, 5) is 13.2. The molecule has 0 radical (unpaired) electrons. The summed E-state index contributed by atoms with van der Waals surface area (Å²) < 4.78 is 22.7. The average molecular weight is 1070 g/mol. The molecule has 0 aliphatic carbocycles. The van der Waals surface area contributed by atoms with E-state index in [1.54, 1.807) is 12.2 Å². The Morgan fingerprint density at radius 1 is 0.487 bits per heavy atom. The van der Waals surface area contributed by atoms with Crippen LogP contribution in [-0.2, 0) is 23.7 Å². The van der Waals surface area contributed by atoms with Crippen LogP contribution in [0.25, 0.3) is 0 Å². The van der Waals surface area contributed by atoms with Gasteiger partial charge in [0.2, 0.25) is 5.91 Å². The van der Waals surface area contributed by atoms with E-state index in [0.717, 1.165) is 38.5 Å². The van der Waals surface area contributed by atoms with Gasteiger partial charge in [-0.25, -0.2) is 0 Å². The standard InChI is InChI=1S/C62H107NO13/c1-3-5-7-9-11-13-15-17-19-20-21-22-23-24-25-26-27-28-29-30-32-33-35-37-39-41-43-45-51(66)50(63-54(67)46-44-42-40-38-36-34-31-18-16-14-12-10-8-6-4-2)49-73-61-59(72)57(70)60(53(48-65)75-61)76-62-58(71)56(69)55(68)52(47-64)74-62/h6,8,12,14,18,31,35-38,42-45,50-53,55-62,64-66,68-72H,3-5,7,9-11,13,15-17,19-30,32-34,39-41,46-49H2,1-2H3,(H,63,67)/b8-6-,14-12-,31-18-,37-35+,38-36-,44-42-,45-43+. The van der Waals surface area contributed by atoms with Gasteiger partial charge in [0.05, 0.1) is 32.0 Å². The van der Waals surface area contributed by atoms with Gasteiger partial charge in [0, 0.05) is 6.42 Å². The number of aliphatic hydroxyl groups is 8. The molecule has 1 amide bonds. The van der Waals surface area contributed by atoms with Crippen LogP contribution in [0.1, 0.15) is 206 Å². The van der Waals surface area contributed by atoms with E-state index in [1.807, 2.05) is 18.2 Å². The van der Waals surface area contributed by atoms with Gasteiger partial charge in [0.15, 0.2) is 12.6 Å². The molecule has 76 heavy (non-hydrogen) atoms. The summed E-state index contributed by atoms with van der Waals surface area (Å²) in [6.45, 7) is 2.59. The van der Waals surface area contributed by atoms with E-state index < -0.39 is 86.8 Å². The Bertz CT molecular complexity index is 1600. The molecule has 0 bridgehead atoms. The number of rotatable bonds is 46. The predicted molar refractivity (Wildman–Crippen MR) is 304 cm³/mol. The van der Waals surface area contributed by atoms with Crippen molar-refractivity contribution in [2.75, 3.05) is 19.8 Å². The van der Waals surface area contributed by atoms with Crippen molar-refractivity contribution in [3.63, 3.8) is 0 Å². The first-order valence-electron chi connectivity index (χ1n) is 29.8. The molecule has 2 aliphatic heterocycles. The van der Waals surface area contributed by atoms with Crippen LogP contribution in [0.4, 0.5) is 0 Å². The number of allylic oxidation sites excluding steroid dienone is 12. The Labute approximate surface area is 459 Å². The molecule has 12 unspecified atom stereocenters. The molecule has 14 heteroatoms. The normalized spacial score (nSPS) is 25.5. The van der Waals surface area contributed by atoms with E-state index in [4.69, 9.17) is 18.9 Å². The molecule has 2 aliphatic rings. The van der Waals surface area contributed by atoms with Crippen molar-refractivity contribution in [2.24, 2.45) is 0 Å². The zero-order valence-corrected chi connectivity index (χ0v) is 47.0. The van der Waals surface area contributed by atoms with Crippen LogP contribution in [0.3, 0.4) is 0 Å². The Balaban J connectivity index is 1.78. The summed E-state index contributed by atoms with van der Waals surface area (Å²) in [6.07, 6.45) is 46.7. The van der Waals surface area contributed by atoms with Gasteiger partial charge in [-0.15, -0.1) is 0 Å². The molecule has 14 nitrogen and oxygen atoms in total. The van der Waals surface area contributed by atoms with Gasteiger partial charge in [-0.2, -0.15) is 0 Å². The zero-order chi connectivity index (χ0) is 55.3. The molecule has 2 rings (SSSR count). The molecular formula is C62H107NO13. The van der Waals surface area contributed by atoms with Crippen LogP contribution in [-0.4, -0.2) is 140 Å². The van der Waals surface area contributed by atoms with Gasteiger partial charge in [-0.3, -0.25) is 4.79 Å². The first-order valence-corrected chi connectivity index (χ1v) is 29.8. The summed E-state index contributed by atoms with van der Waals surface area (Å²) in [7, 11) is 0. The third-order valence-electron chi connectivity index (χ3n) is 14.1. The topological polar surface area (TPSA) is 228 Å². The summed E-state index contributed by atoms with van der Waals surface area (Å²) >= 11 is 0. The van der Waals surface area contributed by atoms with Crippen LogP contribution in [0.15, 0.2) is 85.1 Å². The number of hydrogen-bond donors (Lipinski definition) is 9. The first-order chi connectivity index (χ1) is 37.1. The van der Waals surface area contributed by atoms with E-state index in [-0.39, 0.29) is 18.9 Å². The second-order valence-corrected chi connectivity index (χ2v) is 20.8. The SMILES string of the molecule is CC/C=C\C/C=C\C/C=C\C/C=C\C/C=C\CC(=O)NC(COC1OC(CO)C(OC2OC(CO)C(O)C(O)C2O)C(O)C1O)C(O)/C=C/CC/C=C/CCCCCCCCCCCCCCCCCCCCCCC. The highest BCUT2D eigenvalue weighted by molar-refractivity contribution is 5.77. The van der Waals surface area contributed by atoms with Crippen molar-refractivity contribution in [1.29, 1.82) is 0 Å². The van der Waals surface area contributed by atoms with Crippen molar-refractivity contribution in [3.05, 3.63) is 85.1 Å². The number of nitrogens with one attached hydrogen (secondary N) is 1. The smallest absolute Gasteiger partial charge is 0.224 e. The Hall–Kier alpha value is -2.83. The predicted octanol–water partition coefficient (Wildman–Crippen LogP) is 10.1. The second kappa shape index (κ2) is 47.0. The van der Waals surface area contributed by atoms with Gasteiger partial charge >= 0.3 is 0 Å². The molecule has 9 N–H and O–H groups in total. The molecule has 2 heterocycles. The van der Waals surface area contributed by atoms with Crippen molar-refractivity contribution in [2.45, 2.75) is 280 Å². The fraction of sp³-hybridized carbons (Fsp3) is 0.758. The molecular weight excluding hydrogens is 967 g/mol. The highest BCUT2D eigenvalue weighted by Crippen LogP contribution is 2.30. The number of aliphatic hydroxyl groups excluding tert-OH is 8. The lowest BCUT2D eigenvalue weighted by Gasteiger charge is -2.46. The number of carbonyl (C=O) groups is 1. The van der Waals surface area contributed by atoms with Crippen LogP contribution in [0.2, 0.25) is 0 Å². The highest BCUT2D eigenvalue weighted by Gasteiger charge is 2.51. The van der Waals surface area contributed by atoms with E-state index >= 15 is 0 Å². The lowest BCUT2D eigenvalue weighted by atomic mass is 9.97. The van der Waals surface area contributed by atoms with Crippen molar-refractivity contribution >= 4 is 5.91 Å². The van der Waals surface area contributed by atoms with E-state index in [0.29, 0.717) is 12.8 Å². The van der Waals surface area contributed by atoms with Crippen LogP contribution < -0.4 is 5.32 Å². The maximum absolute atomic E-state index is 13.2. The maximum atomic E-state index is 13.2. The molecule has 0 spiro atoms. The lowest BCUT2D eigenvalue weighted by Crippen LogP contribution is -2.65. The molecule has 438 valence electrons. The largest absolute Gasteiger partial charge is 0.394 e. The third kappa shape index (κ3) is 32.3. The highest BCUT2D eigenvalue weighted by atomic mass is 16.7. The van der Waals surface area contributed by atoms with E-state index in [9.17, 15) is 45.6 Å². The van der Waals surface area contributed by atoms with E-state index in [2.05, 4.69) is 73.8 Å². The van der Waals surface area contributed by atoms with Gasteiger partial charge in [-0.05, 0) is 57.8 Å². The Kier molecular flexibility index (Phi) is 42.9. The number of carbonyl (C=O) groups excluding carboxylic acids is 1. The number of hydrogen-bond acceptors (Lipinski definition) is 13. The summed E-state index contributed by atoms with van der Waals surface area (Å²) in [5.74, 6) is -0.378. The van der Waals surface area contributed by atoms with Gasteiger partial charge in [0.1, 0.15) is 48.8 Å². The average Bonchev–Trinajstić information content (AvgIpc) is 3.42. The first kappa shape index (κ1) is 69.3. The van der Waals surface area contributed by atoms with Crippen LogP contribution in [0.5, 0.6) is 0 Å². The molecule has 0 saturated carbocycles. The fourth-order valence-electron chi connectivity index (χ4n) is 9.32. The van der Waals surface area contributed by atoms with E-state index in [1.165, 1.54) is 135 Å². The number of unbranched alkanes of at least 4 members (excludes halogenated alkanes) is 22. The quantitative estimate of drug-likeness (QED) is 0.0205. The van der Waals surface area contributed by atoms with Gasteiger partial charge in [0.25, 0.3) is 0 Å². The van der Waals surface area contributed by atoms with Crippen molar-refractivity contribution in [1.82, 2.24) is 5.32 Å². The third-order valence-corrected chi connectivity index (χ3v) is 14.1. The molecule has 0 aromatic carbocycles. The molecule has 2 saturated heterocycles. The minimum atomic E-state index is -1.80. The summed E-state index contributed by atoms with van der Waals surface area (Å²) in [5, 5.41) is 86.9. The fourth-order valence-corrected chi connectivity index (χ4v) is 9.32. The van der Waals surface area contributed by atoms with Crippen molar-refractivity contribution < 1.29 is 64.6 Å². The maximum Gasteiger partial charge on any atom is 0.224 e. The number of ether oxygens (including phenoxy) is 4. The number of amides is 1. The molecule has 2 fully saturated rings. The minimum Gasteiger partial charge on any atom is -0.394 e. The van der Waals surface area contributed by atoms with Crippen LogP contribution in [0, 0.1) is 0 Å². The van der Waals surface area contributed by atoms with Gasteiger partial charge in [-0.1, -0.05) is 227 Å². The lowest BCUT2D eigenvalue weighted by molar-refractivity contribution is -0.359. The molecule has 0 aromatic rings. The Morgan fingerprint density at radius 2 is 0.921 bits per heavy atom. The van der Waals surface area contributed by atoms with Gasteiger partial charge < -0.3 is 65.1 Å².